The van der Waals surface area contributed by atoms with Gasteiger partial charge in [-0.25, -0.2) is 0 Å². The lowest BCUT2D eigenvalue weighted by molar-refractivity contribution is 0.0933. The van der Waals surface area contributed by atoms with Crippen LogP contribution in [0.4, 0.5) is 0 Å². The van der Waals surface area contributed by atoms with E-state index in [1.165, 1.54) is 0 Å². The van der Waals surface area contributed by atoms with Crippen LogP contribution in [-0.2, 0) is 0 Å². The van der Waals surface area contributed by atoms with Crippen LogP contribution in [-0.4, -0.2) is 30.1 Å². The van der Waals surface area contributed by atoms with Crippen molar-refractivity contribution in [2.75, 3.05) is 13.2 Å². The van der Waals surface area contributed by atoms with Gasteiger partial charge in [0, 0.05) is 0 Å². The first kappa shape index (κ1) is 23.1. The number of hydrogen-bond acceptors (Lipinski definition) is 5. The second-order valence-corrected chi connectivity index (χ2v) is 7.16. The third kappa shape index (κ3) is 6.69. The van der Waals surface area contributed by atoms with Crippen molar-refractivity contribution in [3.8, 4) is 11.5 Å². The molecule has 0 bridgehead atoms. The fraction of sp³-hybridized carbons (Fsp3) is 0.0870. The predicted octanol–water partition coefficient (Wildman–Crippen LogP) is 3.75. The summed E-state index contributed by atoms with van der Waals surface area (Å²) in [5.74, 6) is 0.130. The van der Waals surface area contributed by atoms with Crippen molar-refractivity contribution in [2.45, 2.75) is 0 Å². The van der Waals surface area contributed by atoms with E-state index in [1.54, 1.807) is 48.5 Å². The molecule has 2 amide bonds. The number of ether oxygens (including phenoxy) is 2. The van der Waals surface area contributed by atoms with Gasteiger partial charge in [-0.2, -0.15) is 0 Å². The minimum Gasteiger partial charge on any atom is -0.490 e. The van der Waals surface area contributed by atoms with Crippen LogP contribution < -0.4 is 25.6 Å². The van der Waals surface area contributed by atoms with Gasteiger partial charge in [-0.15, -0.1) is 0 Å². The van der Waals surface area contributed by atoms with Gasteiger partial charge in [0.15, 0.2) is 5.11 Å². The molecule has 3 aromatic rings. The van der Waals surface area contributed by atoms with Gasteiger partial charge in [0.05, 0.1) is 16.1 Å². The molecule has 0 radical (unpaired) electrons. The van der Waals surface area contributed by atoms with Gasteiger partial charge in [-0.1, -0.05) is 54.1 Å². The Morgan fingerprint density at radius 3 is 2.12 bits per heavy atom. The Morgan fingerprint density at radius 2 is 1.38 bits per heavy atom. The summed E-state index contributed by atoms with van der Waals surface area (Å²) in [5.41, 5.74) is 5.43. The molecular weight excluding hydrogens is 450 g/mol. The lowest BCUT2D eigenvalue weighted by Gasteiger charge is -2.14. The van der Waals surface area contributed by atoms with Crippen LogP contribution in [0.2, 0.25) is 5.02 Å². The second kappa shape index (κ2) is 11.7. The van der Waals surface area contributed by atoms with Crippen molar-refractivity contribution in [1.82, 2.24) is 16.2 Å². The standard InChI is InChI=1S/C23H20ClN3O4S/c24-19-12-6-4-10-17(19)22(29)26-27-23(32)25-21(28)18-11-5-7-13-20(18)31-15-14-30-16-8-2-1-3-9-16/h1-13H,14-15H2,(H,26,29)(H2,25,27,28,32). The van der Waals surface area contributed by atoms with E-state index in [4.69, 9.17) is 33.3 Å². The van der Waals surface area contributed by atoms with Crippen LogP contribution >= 0.6 is 23.8 Å². The fourth-order valence-corrected chi connectivity index (χ4v) is 3.00. The Morgan fingerprint density at radius 1 is 0.750 bits per heavy atom. The maximum absolute atomic E-state index is 12.6. The van der Waals surface area contributed by atoms with Crippen LogP contribution in [0.1, 0.15) is 20.7 Å². The van der Waals surface area contributed by atoms with Crippen molar-refractivity contribution < 1.29 is 19.1 Å². The third-order valence-electron chi connectivity index (χ3n) is 4.12. The number of halogens is 1. The van der Waals surface area contributed by atoms with Gasteiger partial charge in [0.1, 0.15) is 24.7 Å². The summed E-state index contributed by atoms with van der Waals surface area (Å²) in [6.45, 7) is 0.559. The maximum Gasteiger partial charge on any atom is 0.271 e. The fourth-order valence-electron chi connectivity index (χ4n) is 2.64. The van der Waals surface area contributed by atoms with E-state index >= 15 is 0 Å². The monoisotopic (exact) mass is 469 g/mol. The average Bonchev–Trinajstić information content (AvgIpc) is 2.81. The number of hydrazine groups is 1. The molecule has 0 atom stereocenters. The topological polar surface area (TPSA) is 88.7 Å². The molecule has 0 aromatic heterocycles. The molecule has 0 heterocycles. The SMILES string of the molecule is O=C(NNC(=S)NC(=O)c1ccccc1OCCOc1ccccc1)c1ccccc1Cl. The summed E-state index contributed by atoms with van der Waals surface area (Å²) in [7, 11) is 0. The van der Waals surface area contributed by atoms with Crippen molar-refractivity contribution in [3.05, 3.63) is 95.0 Å². The summed E-state index contributed by atoms with van der Waals surface area (Å²) >= 11 is 11.1. The molecule has 3 rings (SSSR count). The molecule has 7 nitrogen and oxygen atoms in total. The number of nitrogens with one attached hydrogen (secondary N) is 3. The zero-order valence-electron chi connectivity index (χ0n) is 16.8. The van der Waals surface area contributed by atoms with Crippen LogP contribution in [0.5, 0.6) is 11.5 Å². The van der Waals surface area contributed by atoms with E-state index in [9.17, 15) is 9.59 Å². The van der Waals surface area contributed by atoms with E-state index in [2.05, 4.69) is 16.2 Å². The first-order chi connectivity index (χ1) is 15.5. The number of carbonyl (C=O) groups is 2. The van der Waals surface area contributed by atoms with E-state index in [0.29, 0.717) is 17.4 Å². The molecule has 0 saturated carbocycles. The lowest BCUT2D eigenvalue weighted by atomic mass is 10.2. The minimum absolute atomic E-state index is 0.0855. The van der Waals surface area contributed by atoms with Gasteiger partial charge in [0.25, 0.3) is 11.8 Å². The van der Waals surface area contributed by atoms with Gasteiger partial charge in [-0.05, 0) is 48.6 Å². The highest BCUT2D eigenvalue weighted by atomic mass is 35.5. The first-order valence-corrected chi connectivity index (χ1v) is 10.4. The average molecular weight is 470 g/mol. The molecular formula is C23H20ClN3O4S. The smallest absolute Gasteiger partial charge is 0.271 e. The summed E-state index contributed by atoms with van der Waals surface area (Å²) < 4.78 is 11.3. The van der Waals surface area contributed by atoms with Crippen molar-refractivity contribution in [1.29, 1.82) is 0 Å². The second-order valence-electron chi connectivity index (χ2n) is 6.35. The molecule has 0 fully saturated rings. The molecule has 32 heavy (non-hydrogen) atoms. The predicted molar refractivity (Wildman–Crippen MR) is 126 cm³/mol. The molecule has 9 heteroatoms. The number of hydrogen-bond donors (Lipinski definition) is 3. The molecule has 0 spiro atoms. The molecule has 0 aliphatic carbocycles. The Bertz CT molecular complexity index is 1100. The highest BCUT2D eigenvalue weighted by Crippen LogP contribution is 2.18. The van der Waals surface area contributed by atoms with Gasteiger partial charge >= 0.3 is 0 Å². The molecule has 3 aromatic carbocycles. The van der Waals surface area contributed by atoms with Crippen LogP contribution in [0.3, 0.4) is 0 Å². The molecule has 0 aliphatic rings. The normalized spacial score (nSPS) is 10.0. The van der Waals surface area contributed by atoms with Gasteiger partial charge in [0.2, 0.25) is 0 Å². The largest absolute Gasteiger partial charge is 0.490 e. The number of benzene rings is 3. The zero-order valence-corrected chi connectivity index (χ0v) is 18.4. The summed E-state index contributed by atoms with van der Waals surface area (Å²) in [4.78, 5) is 24.8. The maximum atomic E-state index is 12.6. The van der Waals surface area contributed by atoms with Crippen LogP contribution in [0, 0.1) is 0 Å². The van der Waals surface area contributed by atoms with E-state index < -0.39 is 11.8 Å². The molecule has 0 saturated heterocycles. The van der Waals surface area contributed by atoms with Gasteiger partial charge < -0.3 is 9.47 Å². The number of amides is 2. The van der Waals surface area contributed by atoms with E-state index in [1.807, 2.05) is 30.3 Å². The van der Waals surface area contributed by atoms with Crippen molar-refractivity contribution in [3.63, 3.8) is 0 Å². The minimum atomic E-state index is -0.492. The van der Waals surface area contributed by atoms with Crippen LogP contribution in [0.15, 0.2) is 78.9 Å². The summed E-state index contributed by atoms with van der Waals surface area (Å²) in [6, 6.07) is 22.7. The zero-order chi connectivity index (χ0) is 22.8. The molecule has 164 valence electrons. The Balaban J connectivity index is 1.49. The number of rotatable bonds is 7. The number of para-hydroxylation sites is 2. The number of thiocarbonyl (C=S) groups is 1. The van der Waals surface area contributed by atoms with Crippen molar-refractivity contribution in [2.24, 2.45) is 0 Å². The van der Waals surface area contributed by atoms with Crippen LogP contribution in [0.25, 0.3) is 0 Å². The lowest BCUT2D eigenvalue weighted by Crippen LogP contribution is -2.48. The highest BCUT2D eigenvalue weighted by molar-refractivity contribution is 7.80. The van der Waals surface area contributed by atoms with E-state index in [-0.39, 0.29) is 22.8 Å². The van der Waals surface area contributed by atoms with E-state index in [0.717, 1.165) is 5.75 Å². The summed E-state index contributed by atoms with van der Waals surface area (Å²) in [6.07, 6.45) is 0. The number of carbonyl (C=O) groups excluding carboxylic acids is 2. The molecule has 3 N–H and O–H groups in total. The Hall–Kier alpha value is -3.62. The third-order valence-corrected chi connectivity index (χ3v) is 4.65. The first-order valence-electron chi connectivity index (χ1n) is 9.60. The quantitative estimate of drug-likeness (QED) is 0.277. The molecule has 0 unspecified atom stereocenters. The Labute approximate surface area is 195 Å². The Kier molecular flexibility index (Phi) is 8.42. The van der Waals surface area contributed by atoms with Gasteiger partial charge in [-0.3, -0.25) is 25.8 Å². The highest BCUT2D eigenvalue weighted by Gasteiger charge is 2.15. The van der Waals surface area contributed by atoms with Crippen molar-refractivity contribution >= 4 is 40.7 Å². The summed E-state index contributed by atoms with van der Waals surface area (Å²) in [5, 5.41) is 2.71. The molecule has 0 aliphatic heterocycles.